The van der Waals surface area contributed by atoms with E-state index in [9.17, 15) is 9.59 Å². The average molecular weight is 274 g/mol. The third kappa shape index (κ3) is 5.44. The minimum atomic E-state index is -1.10. The van der Waals surface area contributed by atoms with E-state index in [1.807, 2.05) is 13.8 Å². The molecule has 0 radical (unpaired) electrons. The second kappa shape index (κ2) is 6.72. The standard InChI is InChI=1S/C12H22N2O5/c1-12(2)6-8(4-5-19-12)14-11(17)13-7-9(18-3)10(15)16/h8-9H,4-7H2,1-3H3,(H,15,16)(H2,13,14,17). The van der Waals surface area contributed by atoms with Gasteiger partial charge in [0.2, 0.25) is 0 Å². The van der Waals surface area contributed by atoms with Gasteiger partial charge in [-0.15, -0.1) is 0 Å². The number of methoxy groups -OCH3 is 1. The van der Waals surface area contributed by atoms with Crippen molar-refractivity contribution in [2.75, 3.05) is 20.3 Å². The van der Waals surface area contributed by atoms with Crippen LogP contribution in [0.3, 0.4) is 0 Å². The Hall–Kier alpha value is -1.34. The maximum Gasteiger partial charge on any atom is 0.334 e. The second-order valence-electron chi connectivity index (χ2n) is 5.21. The summed E-state index contributed by atoms with van der Waals surface area (Å²) in [5.74, 6) is -1.10. The van der Waals surface area contributed by atoms with E-state index >= 15 is 0 Å². The molecule has 1 aliphatic rings. The lowest BCUT2D eigenvalue weighted by molar-refractivity contribution is -0.147. The van der Waals surface area contributed by atoms with Crippen molar-refractivity contribution in [1.82, 2.24) is 10.6 Å². The van der Waals surface area contributed by atoms with Crippen LogP contribution in [0, 0.1) is 0 Å². The molecule has 0 spiro atoms. The highest BCUT2D eigenvalue weighted by molar-refractivity contribution is 5.77. The van der Waals surface area contributed by atoms with Crippen LogP contribution in [0.15, 0.2) is 0 Å². The molecule has 0 saturated carbocycles. The van der Waals surface area contributed by atoms with Gasteiger partial charge >= 0.3 is 12.0 Å². The summed E-state index contributed by atoms with van der Waals surface area (Å²) < 4.78 is 10.3. The molecule has 0 aromatic rings. The molecule has 1 rings (SSSR count). The van der Waals surface area contributed by atoms with E-state index < -0.39 is 12.1 Å². The molecule has 1 saturated heterocycles. The van der Waals surface area contributed by atoms with Gasteiger partial charge in [0, 0.05) is 19.8 Å². The smallest absolute Gasteiger partial charge is 0.334 e. The summed E-state index contributed by atoms with van der Waals surface area (Å²) in [6.07, 6.45) is 0.452. The Morgan fingerprint density at radius 3 is 2.74 bits per heavy atom. The van der Waals surface area contributed by atoms with Gasteiger partial charge < -0.3 is 25.2 Å². The minimum absolute atomic E-state index is 0.0366. The first-order valence-corrected chi connectivity index (χ1v) is 6.28. The number of nitrogens with one attached hydrogen (secondary N) is 2. The van der Waals surface area contributed by atoms with Crippen LogP contribution in [0.2, 0.25) is 0 Å². The lowest BCUT2D eigenvalue weighted by Crippen LogP contribution is -2.50. The maximum atomic E-state index is 11.7. The molecule has 7 heteroatoms. The molecule has 0 aromatic carbocycles. The van der Waals surface area contributed by atoms with Gasteiger partial charge in [-0.1, -0.05) is 0 Å². The van der Waals surface area contributed by atoms with Crippen molar-refractivity contribution in [2.24, 2.45) is 0 Å². The number of amides is 2. The number of carbonyl (C=O) groups is 2. The van der Waals surface area contributed by atoms with E-state index in [2.05, 4.69) is 10.6 Å². The fraction of sp³-hybridized carbons (Fsp3) is 0.833. The molecule has 2 atom stereocenters. The maximum absolute atomic E-state index is 11.7. The Kier molecular flexibility index (Phi) is 5.56. The highest BCUT2D eigenvalue weighted by atomic mass is 16.5. The zero-order chi connectivity index (χ0) is 14.5. The van der Waals surface area contributed by atoms with E-state index in [1.54, 1.807) is 0 Å². The molecule has 110 valence electrons. The Bertz CT molecular complexity index is 332. The average Bonchev–Trinajstić information content (AvgIpc) is 2.27. The van der Waals surface area contributed by atoms with Gasteiger partial charge in [0.05, 0.1) is 12.1 Å². The first-order valence-electron chi connectivity index (χ1n) is 6.28. The number of carbonyl (C=O) groups excluding carboxylic acids is 1. The monoisotopic (exact) mass is 274 g/mol. The van der Waals surface area contributed by atoms with Crippen LogP contribution in [0.5, 0.6) is 0 Å². The van der Waals surface area contributed by atoms with Gasteiger partial charge in [0.25, 0.3) is 0 Å². The lowest BCUT2D eigenvalue weighted by Gasteiger charge is -2.35. The molecule has 0 aliphatic carbocycles. The third-order valence-corrected chi connectivity index (χ3v) is 3.04. The number of hydrogen-bond donors (Lipinski definition) is 3. The highest BCUT2D eigenvalue weighted by Gasteiger charge is 2.29. The van der Waals surface area contributed by atoms with E-state index in [0.29, 0.717) is 6.61 Å². The van der Waals surface area contributed by atoms with Gasteiger partial charge in [0.15, 0.2) is 6.10 Å². The van der Waals surface area contributed by atoms with Gasteiger partial charge in [0.1, 0.15) is 0 Å². The van der Waals surface area contributed by atoms with Crippen molar-refractivity contribution in [3.63, 3.8) is 0 Å². The predicted octanol–water partition coefficient (Wildman–Crippen LogP) is 0.343. The van der Waals surface area contributed by atoms with Crippen molar-refractivity contribution in [1.29, 1.82) is 0 Å². The zero-order valence-corrected chi connectivity index (χ0v) is 11.6. The molecule has 2 amide bonds. The number of carboxylic acid groups (broad SMARTS) is 1. The zero-order valence-electron chi connectivity index (χ0n) is 11.6. The number of urea groups is 1. The van der Waals surface area contributed by atoms with E-state index in [4.69, 9.17) is 14.6 Å². The highest BCUT2D eigenvalue weighted by Crippen LogP contribution is 2.23. The van der Waals surface area contributed by atoms with Crippen molar-refractivity contribution in [2.45, 2.75) is 44.4 Å². The van der Waals surface area contributed by atoms with E-state index in [1.165, 1.54) is 7.11 Å². The number of rotatable bonds is 5. The van der Waals surface area contributed by atoms with E-state index in [0.717, 1.165) is 12.8 Å². The van der Waals surface area contributed by atoms with Crippen LogP contribution in [0.25, 0.3) is 0 Å². The summed E-state index contributed by atoms with van der Waals surface area (Å²) in [6, 6.07) is -0.347. The quantitative estimate of drug-likeness (QED) is 0.672. The van der Waals surface area contributed by atoms with Crippen LogP contribution < -0.4 is 10.6 Å². The number of aliphatic carboxylic acids is 1. The minimum Gasteiger partial charge on any atom is -0.479 e. The fourth-order valence-corrected chi connectivity index (χ4v) is 2.05. The Labute approximate surface area is 112 Å². The summed E-state index contributed by atoms with van der Waals surface area (Å²) in [6.45, 7) is 4.49. The summed E-state index contributed by atoms with van der Waals surface area (Å²) in [5.41, 5.74) is -0.244. The summed E-state index contributed by atoms with van der Waals surface area (Å²) in [4.78, 5) is 22.4. The van der Waals surface area contributed by atoms with Crippen LogP contribution in [0.1, 0.15) is 26.7 Å². The van der Waals surface area contributed by atoms with Crippen LogP contribution in [-0.2, 0) is 14.3 Å². The van der Waals surface area contributed by atoms with Gasteiger partial charge in [-0.25, -0.2) is 9.59 Å². The Balaban J connectivity index is 2.33. The summed E-state index contributed by atoms with van der Waals surface area (Å²) in [7, 11) is 1.29. The first kappa shape index (κ1) is 15.7. The van der Waals surface area contributed by atoms with Crippen molar-refractivity contribution < 1.29 is 24.2 Å². The van der Waals surface area contributed by atoms with Crippen molar-refractivity contribution in [3.05, 3.63) is 0 Å². The molecular weight excluding hydrogens is 252 g/mol. The Morgan fingerprint density at radius 2 is 2.21 bits per heavy atom. The molecule has 1 aliphatic heterocycles. The van der Waals surface area contributed by atoms with Gasteiger partial charge in [-0.05, 0) is 26.7 Å². The number of hydrogen-bond acceptors (Lipinski definition) is 4. The predicted molar refractivity (Wildman–Crippen MR) is 68.0 cm³/mol. The summed E-state index contributed by atoms with van der Waals surface area (Å²) >= 11 is 0. The van der Waals surface area contributed by atoms with Gasteiger partial charge in [-0.2, -0.15) is 0 Å². The van der Waals surface area contributed by atoms with Crippen molar-refractivity contribution in [3.8, 4) is 0 Å². The first-order chi connectivity index (χ1) is 8.84. The molecular formula is C12H22N2O5. The molecule has 1 fully saturated rings. The van der Waals surface area contributed by atoms with E-state index in [-0.39, 0.29) is 24.2 Å². The Morgan fingerprint density at radius 1 is 1.53 bits per heavy atom. The molecule has 2 unspecified atom stereocenters. The molecule has 0 bridgehead atoms. The number of ether oxygens (including phenoxy) is 2. The summed E-state index contributed by atoms with van der Waals surface area (Å²) in [5, 5.41) is 14.1. The third-order valence-electron chi connectivity index (χ3n) is 3.04. The normalized spacial score (nSPS) is 23.4. The lowest BCUT2D eigenvalue weighted by atomic mass is 9.94. The molecule has 1 heterocycles. The molecule has 0 aromatic heterocycles. The van der Waals surface area contributed by atoms with Crippen LogP contribution >= 0.6 is 0 Å². The van der Waals surface area contributed by atoms with Crippen LogP contribution in [0.4, 0.5) is 4.79 Å². The van der Waals surface area contributed by atoms with Crippen molar-refractivity contribution >= 4 is 12.0 Å². The fourth-order valence-electron chi connectivity index (χ4n) is 2.05. The van der Waals surface area contributed by atoms with Gasteiger partial charge in [-0.3, -0.25) is 0 Å². The largest absolute Gasteiger partial charge is 0.479 e. The van der Waals surface area contributed by atoms with Crippen LogP contribution in [-0.4, -0.2) is 55.1 Å². The molecule has 7 nitrogen and oxygen atoms in total. The molecule has 3 N–H and O–H groups in total. The second-order valence-corrected chi connectivity index (χ2v) is 5.21. The number of carboxylic acids is 1. The SMILES string of the molecule is COC(CNC(=O)NC1CCOC(C)(C)C1)C(=O)O. The molecule has 19 heavy (non-hydrogen) atoms. The topological polar surface area (TPSA) is 96.9 Å².